The molecule has 1 N–H and O–H groups in total. The molecule has 0 spiro atoms. The summed E-state index contributed by atoms with van der Waals surface area (Å²) < 4.78 is 15.4. The molecule has 0 saturated heterocycles. The number of ether oxygens (including phenoxy) is 3. The van der Waals surface area contributed by atoms with Crippen molar-refractivity contribution in [1.29, 1.82) is 0 Å². The summed E-state index contributed by atoms with van der Waals surface area (Å²) in [6.07, 6.45) is 0.0374. The van der Waals surface area contributed by atoms with Crippen LogP contribution in [-0.4, -0.2) is 32.2 Å². The summed E-state index contributed by atoms with van der Waals surface area (Å²) in [5.74, 6) is 0.384. The molecule has 0 radical (unpaired) electrons. The van der Waals surface area contributed by atoms with E-state index in [2.05, 4.69) is 5.32 Å². The lowest BCUT2D eigenvalue weighted by Gasteiger charge is -2.09. The molecule has 138 valence electrons. The van der Waals surface area contributed by atoms with Crippen LogP contribution < -0.4 is 14.8 Å². The molecular weight excluding hydrogens is 358 g/mol. The van der Waals surface area contributed by atoms with Gasteiger partial charge in [-0.15, -0.1) is 0 Å². The number of anilines is 1. The first-order valence-corrected chi connectivity index (χ1v) is 8.34. The average Bonchev–Trinajstić information content (AvgIpc) is 2.63. The maximum atomic E-state index is 11.8. The molecule has 0 aromatic heterocycles. The van der Waals surface area contributed by atoms with Crippen molar-refractivity contribution in [3.05, 3.63) is 53.1 Å². The number of halogens is 1. The second-order valence-electron chi connectivity index (χ2n) is 5.45. The van der Waals surface area contributed by atoms with E-state index >= 15 is 0 Å². The van der Waals surface area contributed by atoms with Crippen LogP contribution in [0, 0.1) is 6.92 Å². The lowest BCUT2D eigenvalue weighted by atomic mass is 10.2. The third-order valence-electron chi connectivity index (χ3n) is 3.45. The van der Waals surface area contributed by atoms with E-state index in [9.17, 15) is 9.59 Å². The minimum Gasteiger partial charge on any atom is -0.497 e. The van der Waals surface area contributed by atoms with E-state index in [1.54, 1.807) is 49.6 Å². The second kappa shape index (κ2) is 9.68. The van der Waals surface area contributed by atoms with Gasteiger partial charge in [-0.3, -0.25) is 9.59 Å². The molecule has 26 heavy (non-hydrogen) atoms. The van der Waals surface area contributed by atoms with E-state index in [0.29, 0.717) is 16.5 Å². The smallest absolute Gasteiger partial charge is 0.309 e. The van der Waals surface area contributed by atoms with E-state index in [4.69, 9.17) is 25.8 Å². The van der Waals surface area contributed by atoms with Crippen LogP contribution in [0.15, 0.2) is 42.5 Å². The van der Waals surface area contributed by atoms with Crippen LogP contribution in [0.2, 0.25) is 5.02 Å². The summed E-state index contributed by atoms with van der Waals surface area (Å²) in [4.78, 5) is 23.5. The van der Waals surface area contributed by atoms with Crippen LogP contribution in [0.5, 0.6) is 11.5 Å². The molecular formula is C19H20ClNO5. The van der Waals surface area contributed by atoms with Gasteiger partial charge in [0.25, 0.3) is 5.91 Å². The lowest BCUT2D eigenvalue weighted by molar-refractivity contribution is -0.147. The number of amides is 1. The van der Waals surface area contributed by atoms with Crippen LogP contribution >= 0.6 is 11.6 Å². The molecule has 7 heteroatoms. The Labute approximate surface area is 157 Å². The van der Waals surface area contributed by atoms with Crippen LogP contribution in [0.4, 0.5) is 5.69 Å². The third kappa shape index (κ3) is 6.29. The molecule has 2 rings (SSSR count). The molecule has 0 aliphatic rings. The Balaban J connectivity index is 1.67. The fourth-order valence-corrected chi connectivity index (χ4v) is 2.19. The zero-order chi connectivity index (χ0) is 18.9. The highest BCUT2D eigenvalue weighted by Gasteiger charge is 2.09. The van der Waals surface area contributed by atoms with Gasteiger partial charge in [0, 0.05) is 10.7 Å². The third-order valence-corrected chi connectivity index (χ3v) is 3.86. The van der Waals surface area contributed by atoms with Crippen molar-refractivity contribution >= 4 is 29.2 Å². The topological polar surface area (TPSA) is 73.9 Å². The Hall–Kier alpha value is -2.73. The first kappa shape index (κ1) is 19.6. The molecule has 0 bridgehead atoms. The Morgan fingerprint density at radius 2 is 1.77 bits per heavy atom. The highest BCUT2D eigenvalue weighted by atomic mass is 35.5. The first-order chi connectivity index (χ1) is 12.5. The predicted molar refractivity (Wildman–Crippen MR) is 98.9 cm³/mol. The highest BCUT2D eigenvalue weighted by molar-refractivity contribution is 6.31. The van der Waals surface area contributed by atoms with Crippen LogP contribution in [0.1, 0.15) is 12.0 Å². The largest absolute Gasteiger partial charge is 0.497 e. The molecule has 0 atom stereocenters. The molecule has 0 saturated carbocycles. The van der Waals surface area contributed by atoms with Crippen molar-refractivity contribution in [3.8, 4) is 11.5 Å². The van der Waals surface area contributed by atoms with Gasteiger partial charge in [-0.05, 0) is 48.9 Å². The molecule has 0 fully saturated rings. The SMILES string of the molecule is COc1ccc(OCCC(=O)OCC(=O)Nc2ccc(C)c(Cl)c2)cc1. The molecule has 0 aliphatic heterocycles. The van der Waals surface area contributed by atoms with E-state index in [0.717, 1.165) is 11.3 Å². The van der Waals surface area contributed by atoms with Crippen molar-refractivity contribution in [1.82, 2.24) is 0 Å². The number of esters is 1. The van der Waals surface area contributed by atoms with Crippen molar-refractivity contribution < 1.29 is 23.8 Å². The monoisotopic (exact) mass is 377 g/mol. The van der Waals surface area contributed by atoms with Crippen molar-refractivity contribution in [2.45, 2.75) is 13.3 Å². The molecule has 2 aromatic carbocycles. The number of hydrogen-bond acceptors (Lipinski definition) is 5. The molecule has 0 aliphatic carbocycles. The minimum atomic E-state index is -0.518. The normalized spacial score (nSPS) is 10.1. The number of aryl methyl sites for hydroxylation is 1. The number of methoxy groups -OCH3 is 1. The summed E-state index contributed by atoms with van der Waals surface area (Å²) in [5.41, 5.74) is 1.46. The van der Waals surface area contributed by atoms with Gasteiger partial charge in [-0.2, -0.15) is 0 Å². The maximum Gasteiger partial charge on any atom is 0.309 e. The van der Waals surface area contributed by atoms with Crippen molar-refractivity contribution in [3.63, 3.8) is 0 Å². The van der Waals surface area contributed by atoms with Crippen molar-refractivity contribution in [2.75, 3.05) is 25.6 Å². The zero-order valence-electron chi connectivity index (χ0n) is 14.6. The van der Waals surface area contributed by atoms with Crippen LogP contribution in [0.25, 0.3) is 0 Å². The Morgan fingerprint density at radius 1 is 1.08 bits per heavy atom. The highest BCUT2D eigenvalue weighted by Crippen LogP contribution is 2.20. The van der Waals surface area contributed by atoms with Gasteiger partial charge in [-0.1, -0.05) is 17.7 Å². The summed E-state index contributed by atoms with van der Waals surface area (Å²) in [7, 11) is 1.58. The minimum absolute atomic E-state index is 0.0374. The number of hydrogen-bond donors (Lipinski definition) is 1. The van der Waals surface area contributed by atoms with E-state index < -0.39 is 11.9 Å². The molecule has 0 heterocycles. The molecule has 0 unspecified atom stereocenters. The van der Waals surface area contributed by atoms with Gasteiger partial charge in [0.05, 0.1) is 20.1 Å². The predicted octanol–water partition coefficient (Wildman–Crippen LogP) is 3.61. The number of nitrogens with one attached hydrogen (secondary N) is 1. The number of rotatable bonds is 8. The van der Waals surface area contributed by atoms with E-state index in [-0.39, 0.29) is 19.6 Å². The summed E-state index contributed by atoms with van der Waals surface area (Å²) in [6, 6.07) is 12.2. The Morgan fingerprint density at radius 3 is 2.42 bits per heavy atom. The van der Waals surface area contributed by atoms with Gasteiger partial charge in [0.2, 0.25) is 0 Å². The standard InChI is InChI=1S/C19H20ClNO5/c1-13-3-4-14(11-17(13)20)21-18(22)12-26-19(23)9-10-25-16-7-5-15(24-2)6-8-16/h3-8,11H,9-10,12H2,1-2H3,(H,21,22). The molecule has 1 amide bonds. The van der Waals surface area contributed by atoms with Crippen LogP contribution in [0.3, 0.4) is 0 Å². The summed E-state index contributed by atoms with van der Waals surface area (Å²) >= 11 is 5.99. The van der Waals surface area contributed by atoms with E-state index in [1.807, 2.05) is 6.92 Å². The Kier molecular flexibility index (Phi) is 7.29. The first-order valence-electron chi connectivity index (χ1n) is 7.96. The molecule has 2 aromatic rings. The fraction of sp³-hybridized carbons (Fsp3) is 0.263. The summed E-state index contributed by atoms with van der Waals surface area (Å²) in [5, 5.41) is 3.17. The quantitative estimate of drug-likeness (QED) is 0.711. The molecule has 6 nitrogen and oxygen atoms in total. The summed E-state index contributed by atoms with van der Waals surface area (Å²) in [6.45, 7) is 1.65. The number of carbonyl (C=O) groups is 2. The lowest BCUT2D eigenvalue weighted by Crippen LogP contribution is -2.21. The van der Waals surface area contributed by atoms with Gasteiger partial charge in [0.15, 0.2) is 6.61 Å². The Bertz CT molecular complexity index is 761. The van der Waals surface area contributed by atoms with Crippen LogP contribution in [-0.2, 0) is 14.3 Å². The average molecular weight is 378 g/mol. The number of benzene rings is 2. The van der Waals surface area contributed by atoms with E-state index in [1.165, 1.54) is 0 Å². The van der Waals surface area contributed by atoms with Gasteiger partial charge in [0.1, 0.15) is 11.5 Å². The number of carbonyl (C=O) groups excluding carboxylic acids is 2. The maximum absolute atomic E-state index is 11.8. The van der Waals surface area contributed by atoms with Gasteiger partial charge < -0.3 is 19.5 Å². The van der Waals surface area contributed by atoms with Crippen molar-refractivity contribution in [2.24, 2.45) is 0 Å². The van der Waals surface area contributed by atoms with Gasteiger partial charge >= 0.3 is 5.97 Å². The second-order valence-corrected chi connectivity index (χ2v) is 5.85. The fourth-order valence-electron chi connectivity index (χ4n) is 2.01. The zero-order valence-corrected chi connectivity index (χ0v) is 15.3. The van der Waals surface area contributed by atoms with Gasteiger partial charge in [-0.25, -0.2) is 0 Å².